The fourth-order valence-electron chi connectivity index (χ4n) is 5.95. The molecule has 0 saturated heterocycles. The Kier molecular flexibility index (Phi) is 3.70. The van der Waals surface area contributed by atoms with Gasteiger partial charge in [-0.15, -0.1) is 0 Å². The lowest BCUT2D eigenvalue weighted by Gasteiger charge is -2.07. The summed E-state index contributed by atoms with van der Waals surface area (Å²) in [5.74, 6) is 1.80. The standard InChI is InChI=1S/C32H20N6/c1-3-11-21(12-4-1)35-27-19-28-30(20-29(27)37-25-17-9-7-15-23(25)33-31(35)37)38-26-18-10-8-16-24(26)34-32(38)36(28)22-13-5-2-6-14-22/h1-20H. The molecule has 4 aromatic heterocycles. The van der Waals surface area contributed by atoms with Gasteiger partial charge in [-0.25, -0.2) is 9.97 Å². The van der Waals surface area contributed by atoms with Gasteiger partial charge in [0.05, 0.1) is 44.1 Å². The first-order valence-electron chi connectivity index (χ1n) is 12.7. The van der Waals surface area contributed by atoms with Crippen LogP contribution in [-0.4, -0.2) is 27.9 Å². The SMILES string of the molecule is c1ccc(-n2c3cc4c(cc3n3c5ccccc5nc23)n2c3ccccc3nc2n4-c2ccccc2)cc1. The molecule has 9 rings (SSSR count). The zero-order valence-electron chi connectivity index (χ0n) is 20.2. The van der Waals surface area contributed by atoms with Gasteiger partial charge in [-0.2, -0.15) is 0 Å². The molecule has 178 valence electrons. The molecule has 9 aromatic rings. The molecule has 0 unspecified atom stereocenters. The first-order valence-corrected chi connectivity index (χ1v) is 12.7. The van der Waals surface area contributed by atoms with Crippen LogP contribution in [0.5, 0.6) is 0 Å². The molecule has 0 spiro atoms. The van der Waals surface area contributed by atoms with Crippen LogP contribution < -0.4 is 0 Å². The first kappa shape index (κ1) is 19.8. The van der Waals surface area contributed by atoms with Crippen molar-refractivity contribution in [3.63, 3.8) is 0 Å². The van der Waals surface area contributed by atoms with Crippen molar-refractivity contribution in [3.8, 4) is 11.4 Å². The Morgan fingerprint density at radius 3 is 1.24 bits per heavy atom. The largest absolute Gasteiger partial charge is 0.278 e. The molecule has 0 N–H and O–H groups in total. The normalized spacial score (nSPS) is 12.2. The van der Waals surface area contributed by atoms with Crippen LogP contribution in [0.15, 0.2) is 121 Å². The van der Waals surface area contributed by atoms with Gasteiger partial charge >= 0.3 is 0 Å². The molecule has 38 heavy (non-hydrogen) atoms. The van der Waals surface area contributed by atoms with E-state index in [9.17, 15) is 0 Å². The number of imidazole rings is 4. The van der Waals surface area contributed by atoms with Crippen LogP contribution in [0.1, 0.15) is 0 Å². The molecule has 0 aliphatic heterocycles. The van der Waals surface area contributed by atoms with Crippen molar-refractivity contribution >= 4 is 55.7 Å². The third-order valence-electron chi connectivity index (χ3n) is 7.55. The summed E-state index contributed by atoms with van der Waals surface area (Å²) in [7, 11) is 0. The number of nitrogens with zero attached hydrogens (tertiary/aromatic N) is 6. The molecule has 5 aromatic carbocycles. The average Bonchev–Trinajstić information content (AvgIpc) is 3.69. The molecule has 0 bridgehead atoms. The van der Waals surface area contributed by atoms with E-state index in [2.05, 4.69) is 115 Å². The maximum Gasteiger partial charge on any atom is 0.220 e. The fourth-order valence-corrected chi connectivity index (χ4v) is 5.95. The van der Waals surface area contributed by atoms with Gasteiger partial charge in [0.2, 0.25) is 11.6 Å². The quantitative estimate of drug-likeness (QED) is 0.259. The Hall–Kier alpha value is -5.36. The number of aromatic nitrogens is 6. The van der Waals surface area contributed by atoms with Crippen LogP contribution in [0.2, 0.25) is 0 Å². The second-order valence-electron chi connectivity index (χ2n) is 9.64. The number of benzene rings is 5. The maximum atomic E-state index is 5.09. The highest BCUT2D eigenvalue weighted by Gasteiger charge is 2.22. The van der Waals surface area contributed by atoms with Gasteiger partial charge in [0.25, 0.3) is 0 Å². The highest BCUT2D eigenvalue weighted by atomic mass is 15.2. The van der Waals surface area contributed by atoms with Gasteiger partial charge < -0.3 is 0 Å². The molecule has 0 amide bonds. The second kappa shape index (κ2) is 7.11. The Balaban J connectivity index is 1.55. The molecule has 6 heteroatoms. The van der Waals surface area contributed by atoms with Crippen LogP contribution in [0.4, 0.5) is 0 Å². The van der Waals surface area contributed by atoms with Gasteiger partial charge in [0.15, 0.2) is 0 Å². The molecule has 0 aliphatic rings. The monoisotopic (exact) mass is 488 g/mol. The van der Waals surface area contributed by atoms with Crippen molar-refractivity contribution in [2.24, 2.45) is 0 Å². The van der Waals surface area contributed by atoms with E-state index < -0.39 is 0 Å². The van der Waals surface area contributed by atoms with E-state index in [0.29, 0.717) is 0 Å². The fraction of sp³-hybridized carbons (Fsp3) is 0. The molecule has 0 saturated carbocycles. The Morgan fingerprint density at radius 2 is 0.763 bits per heavy atom. The van der Waals surface area contributed by atoms with Crippen molar-refractivity contribution < 1.29 is 0 Å². The minimum Gasteiger partial charge on any atom is -0.278 e. The van der Waals surface area contributed by atoms with Crippen LogP contribution in [0.3, 0.4) is 0 Å². The lowest BCUT2D eigenvalue weighted by Crippen LogP contribution is -1.96. The van der Waals surface area contributed by atoms with Crippen LogP contribution in [0.25, 0.3) is 67.1 Å². The van der Waals surface area contributed by atoms with Crippen molar-refractivity contribution in [1.82, 2.24) is 27.9 Å². The summed E-state index contributed by atoms with van der Waals surface area (Å²) >= 11 is 0. The van der Waals surface area contributed by atoms with E-state index in [1.54, 1.807) is 0 Å². The molecule has 6 nitrogen and oxygen atoms in total. The van der Waals surface area contributed by atoms with Crippen molar-refractivity contribution in [2.75, 3.05) is 0 Å². The number of fused-ring (bicyclic) bond motifs is 10. The van der Waals surface area contributed by atoms with E-state index in [1.165, 1.54) is 0 Å². The predicted molar refractivity (Wildman–Crippen MR) is 153 cm³/mol. The number of hydrogen-bond acceptors (Lipinski definition) is 2. The molecule has 4 heterocycles. The third kappa shape index (κ3) is 2.46. The van der Waals surface area contributed by atoms with Crippen molar-refractivity contribution in [2.45, 2.75) is 0 Å². The van der Waals surface area contributed by atoms with E-state index in [4.69, 9.17) is 9.97 Å². The van der Waals surface area contributed by atoms with Crippen LogP contribution in [-0.2, 0) is 0 Å². The van der Waals surface area contributed by atoms with Gasteiger partial charge in [-0.05, 0) is 60.7 Å². The van der Waals surface area contributed by atoms with Crippen LogP contribution in [0, 0.1) is 0 Å². The molecule has 0 radical (unpaired) electrons. The van der Waals surface area contributed by atoms with E-state index in [-0.39, 0.29) is 0 Å². The second-order valence-corrected chi connectivity index (χ2v) is 9.64. The molecular formula is C32H20N6. The lowest BCUT2D eigenvalue weighted by molar-refractivity contribution is 1.10. The van der Waals surface area contributed by atoms with Crippen molar-refractivity contribution in [3.05, 3.63) is 121 Å². The van der Waals surface area contributed by atoms with Crippen LogP contribution >= 0.6 is 0 Å². The zero-order chi connectivity index (χ0) is 24.8. The number of para-hydroxylation sites is 6. The molecule has 0 atom stereocenters. The average molecular weight is 489 g/mol. The minimum atomic E-state index is 0.901. The maximum absolute atomic E-state index is 5.09. The summed E-state index contributed by atoms with van der Waals surface area (Å²) in [6.45, 7) is 0. The van der Waals surface area contributed by atoms with Gasteiger partial charge in [-0.3, -0.25) is 17.9 Å². The molecule has 0 fully saturated rings. The van der Waals surface area contributed by atoms with Gasteiger partial charge in [-0.1, -0.05) is 60.7 Å². The highest BCUT2D eigenvalue weighted by molar-refractivity contribution is 6.02. The lowest BCUT2D eigenvalue weighted by atomic mass is 10.2. The topological polar surface area (TPSA) is 44.5 Å². The summed E-state index contributed by atoms with van der Waals surface area (Å²) in [5, 5.41) is 0. The Morgan fingerprint density at radius 1 is 0.368 bits per heavy atom. The molecular weight excluding hydrogens is 468 g/mol. The third-order valence-corrected chi connectivity index (χ3v) is 7.55. The van der Waals surface area contributed by atoms with Crippen molar-refractivity contribution in [1.29, 1.82) is 0 Å². The predicted octanol–water partition coefficient (Wildman–Crippen LogP) is 7.18. The summed E-state index contributed by atoms with van der Waals surface area (Å²) in [4.78, 5) is 10.2. The Bertz CT molecular complexity index is 2170. The van der Waals surface area contributed by atoms with Gasteiger partial charge in [0.1, 0.15) is 0 Å². The summed E-state index contributed by atoms with van der Waals surface area (Å²) < 4.78 is 9.08. The van der Waals surface area contributed by atoms with E-state index in [0.717, 1.165) is 67.1 Å². The first-order chi connectivity index (χ1) is 18.9. The highest BCUT2D eigenvalue weighted by Crippen LogP contribution is 2.35. The minimum absolute atomic E-state index is 0.901. The van der Waals surface area contributed by atoms with E-state index >= 15 is 0 Å². The zero-order valence-corrected chi connectivity index (χ0v) is 20.2. The Labute approximate surface area is 216 Å². The van der Waals surface area contributed by atoms with Gasteiger partial charge in [0, 0.05) is 11.4 Å². The van der Waals surface area contributed by atoms with E-state index in [1.807, 2.05) is 24.3 Å². The summed E-state index contributed by atoms with van der Waals surface area (Å²) in [5.41, 5.74) is 10.7. The summed E-state index contributed by atoms with van der Waals surface area (Å²) in [6, 6.07) is 42.2. The smallest absolute Gasteiger partial charge is 0.220 e. The molecule has 0 aliphatic carbocycles. The summed E-state index contributed by atoms with van der Waals surface area (Å²) in [6.07, 6.45) is 0. The number of rotatable bonds is 2. The number of hydrogen-bond donors (Lipinski definition) is 0.